The molecule has 1 aliphatic rings. The Balaban J connectivity index is 1.98. The molecule has 128 valence electrons. The van der Waals surface area contributed by atoms with E-state index in [1.807, 2.05) is 4.90 Å². The Bertz CT molecular complexity index is 534. The lowest BCUT2D eigenvalue weighted by Gasteiger charge is -2.24. The third-order valence-corrected chi connectivity index (χ3v) is 4.05. The van der Waals surface area contributed by atoms with Gasteiger partial charge in [-0.25, -0.2) is 0 Å². The molecule has 1 aromatic rings. The number of aliphatic hydroxyl groups excluding tert-OH is 1. The lowest BCUT2D eigenvalue weighted by Crippen LogP contribution is -2.37. The number of nitrogens with one attached hydrogen (secondary N) is 1. The number of rotatable bonds is 6. The molecule has 1 fully saturated rings. The second kappa shape index (κ2) is 7.79. The van der Waals surface area contributed by atoms with Crippen LogP contribution in [0.4, 0.5) is 18.9 Å². The van der Waals surface area contributed by atoms with Crippen LogP contribution in [-0.2, 0) is 11.0 Å². The molecule has 2 rings (SSSR count). The highest BCUT2D eigenvalue weighted by atomic mass is 19.4. The SMILES string of the molecule is O=C(CN1CCCC1CCCO)Nc1ccccc1C(F)(F)F. The number of aliphatic hydroxyl groups is 1. The van der Waals surface area contributed by atoms with E-state index < -0.39 is 17.6 Å². The summed E-state index contributed by atoms with van der Waals surface area (Å²) in [5.74, 6) is -0.447. The first kappa shape index (κ1) is 17.7. The van der Waals surface area contributed by atoms with Gasteiger partial charge in [-0.2, -0.15) is 13.2 Å². The van der Waals surface area contributed by atoms with Crippen molar-refractivity contribution in [3.05, 3.63) is 29.8 Å². The zero-order valence-corrected chi connectivity index (χ0v) is 12.8. The van der Waals surface area contributed by atoms with Gasteiger partial charge in [-0.15, -0.1) is 0 Å². The predicted molar refractivity (Wildman–Crippen MR) is 81.0 cm³/mol. The van der Waals surface area contributed by atoms with Gasteiger partial charge in [-0.05, 0) is 44.4 Å². The number of alkyl halides is 3. The molecule has 4 nitrogen and oxygen atoms in total. The van der Waals surface area contributed by atoms with Gasteiger partial charge in [0.1, 0.15) is 0 Å². The van der Waals surface area contributed by atoms with E-state index in [1.165, 1.54) is 18.2 Å². The molecule has 0 bridgehead atoms. The Hall–Kier alpha value is -1.60. The highest BCUT2D eigenvalue weighted by Gasteiger charge is 2.34. The molecular weight excluding hydrogens is 309 g/mol. The van der Waals surface area contributed by atoms with Gasteiger partial charge in [-0.1, -0.05) is 12.1 Å². The number of carbonyl (C=O) groups is 1. The first-order valence-electron chi connectivity index (χ1n) is 7.73. The molecule has 0 aromatic heterocycles. The van der Waals surface area contributed by atoms with Crippen LogP contribution in [-0.4, -0.2) is 41.7 Å². The van der Waals surface area contributed by atoms with E-state index in [9.17, 15) is 18.0 Å². The fourth-order valence-corrected chi connectivity index (χ4v) is 2.97. The van der Waals surface area contributed by atoms with E-state index in [1.54, 1.807) is 0 Å². The van der Waals surface area contributed by atoms with Crippen molar-refractivity contribution in [1.82, 2.24) is 4.90 Å². The summed E-state index contributed by atoms with van der Waals surface area (Å²) in [5, 5.41) is 11.3. The van der Waals surface area contributed by atoms with Crippen LogP contribution in [0.3, 0.4) is 0 Å². The third-order valence-electron chi connectivity index (χ3n) is 4.05. The molecule has 7 heteroatoms. The zero-order chi connectivity index (χ0) is 16.9. The van der Waals surface area contributed by atoms with Gasteiger partial charge in [0.25, 0.3) is 0 Å². The molecule has 0 aliphatic carbocycles. The number of halogens is 3. The minimum absolute atomic E-state index is 0.0717. The number of likely N-dealkylation sites (tertiary alicyclic amines) is 1. The van der Waals surface area contributed by atoms with E-state index in [-0.39, 0.29) is 24.9 Å². The molecule has 1 saturated heterocycles. The summed E-state index contributed by atoms with van der Waals surface area (Å²) in [5.41, 5.74) is -1.05. The quantitative estimate of drug-likeness (QED) is 0.843. The number of amides is 1. The molecule has 1 aromatic carbocycles. The average Bonchev–Trinajstić information content (AvgIpc) is 2.91. The van der Waals surface area contributed by atoms with Crippen LogP contribution in [0.25, 0.3) is 0 Å². The van der Waals surface area contributed by atoms with E-state index in [0.29, 0.717) is 6.42 Å². The minimum Gasteiger partial charge on any atom is -0.396 e. The molecule has 1 aliphatic heterocycles. The van der Waals surface area contributed by atoms with Crippen LogP contribution in [0, 0.1) is 0 Å². The Kier molecular flexibility index (Phi) is 6.01. The van der Waals surface area contributed by atoms with Gasteiger partial charge in [0.15, 0.2) is 0 Å². The Morgan fingerprint density at radius 1 is 1.35 bits per heavy atom. The average molecular weight is 330 g/mol. The fraction of sp³-hybridized carbons (Fsp3) is 0.562. The second-order valence-corrected chi connectivity index (χ2v) is 5.72. The third kappa shape index (κ3) is 4.94. The summed E-state index contributed by atoms with van der Waals surface area (Å²) < 4.78 is 38.8. The molecule has 1 heterocycles. The van der Waals surface area contributed by atoms with Crippen molar-refractivity contribution in [1.29, 1.82) is 0 Å². The number of hydrogen-bond acceptors (Lipinski definition) is 3. The van der Waals surface area contributed by atoms with Gasteiger partial charge in [0.05, 0.1) is 17.8 Å². The first-order valence-corrected chi connectivity index (χ1v) is 7.73. The number of hydrogen-bond donors (Lipinski definition) is 2. The Morgan fingerprint density at radius 2 is 2.09 bits per heavy atom. The highest BCUT2D eigenvalue weighted by Crippen LogP contribution is 2.34. The fourth-order valence-electron chi connectivity index (χ4n) is 2.97. The maximum Gasteiger partial charge on any atom is 0.418 e. The second-order valence-electron chi connectivity index (χ2n) is 5.72. The van der Waals surface area contributed by atoms with E-state index in [4.69, 9.17) is 5.11 Å². The molecule has 1 atom stereocenters. The van der Waals surface area contributed by atoms with Crippen molar-refractivity contribution >= 4 is 11.6 Å². The summed E-state index contributed by atoms with van der Waals surface area (Å²) in [7, 11) is 0. The van der Waals surface area contributed by atoms with Crippen LogP contribution in [0.5, 0.6) is 0 Å². The molecular formula is C16H21F3N2O2. The van der Waals surface area contributed by atoms with Crippen LogP contribution in [0.1, 0.15) is 31.2 Å². The largest absolute Gasteiger partial charge is 0.418 e. The summed E-state index contributed by atoms with van der Waals surface area (Å²) in [6, 6.07) is 5.18. The van der Waals surface area contributed by atoms with Gasteiger partial charge in [0.2, 0.25) is 5.91 Å². The van der Waals surface area contributed by atoms with Crippen molar-refractivity contribution in [2.24, 2.45) is 0 Å². The van der Waals surface area contributed by atoms with Gasteiger partial charge in [-0.3, -0.25) is 9.69 Å². The maximum atomic E-state index is 12.9. The minimum atomic E-state index is -4.50. The Morgan fingerprint density at radius 3 is 2.78 bits per heavy atom. The summed E-state index contributed by atoms with van der Waals surface area (Å²) in [4.78, 5) is 14.1. The number of nitrogens with zero attached hydrogens (tertiary/aromatic N) is 1. The molecule has 2 N–H and O–H groups in total. The summed E-state index contributed by atoms with van der Waals surface area (Å²) in [6.07, 6.45) is -1.13. The molecule has 1 unspecified atom stereocenters. The predicted octanol–water partition coefficient (Wildman–Crippen LogP) is 2.88. The molecule has 23 heavy (non-hydrogen) atoms. The van der Waals surface area contributed by atoms with Gasteiger partial charge in [0, 0.05) is 12.6 Å². The van der Waals surface area contributed by atoms with Crippen molar-refractivity contribution in [3.63, 3.8) is 0 Å². The van der Waals surface area contributed by atoms with Crippen molar-refractivity contribution < 1.29 is 23.1 Å². The van der Waals surface area contributed by atoms with Gasteiger partial charge < -0.3 is 10.4 Å². The zero-order valence-electron chi connectivity index (χ0n) is 12.8. The van der Waals surface area contributed by atoms with Crippen molar-refractivity contribution in [2.45, 2.75) is 37.9 Å². The number of benzene rings is 1. The van der Waals surface area contributed by atoms with Gasteiger partial charge >= 0.3 is 6.18 Å². The lowest BCUT2D eigenvalue weighted by atomic mass is 10.1. The molecule has 0 radical (unpaired) electrons. The number of anilines is 1. The van der Waals surface area contributed by atoms with Crippen LogP contribution >= 0.6 is 0 Å². The Labute approximate surface area is 133 Å². The normalized spacial score (nSPS) is 19.0. The van der Waals surface area contributed by atoms with Crippen LogP contribution in [0.15, 0.2) is 24.3 Å². The molecule has 0 saturated carbocycles. The number of carbonyl (C=O) groups excluding carboxylic acids is 1. The molecule has 0 spiro atoms. The lowest BCUT2D eigenvalue weighted by molar-refractivity contribution is -0.137. The van der Waals surface area contributed by atoms with E-state index in [0.717, 1.165) is 31.9 Å². The number of para-hydroxylation sites is 1. The first-order chi connectivity index (χ1) is 10.9. The molecule has 1 amide bonds. The monoisotopic (exact) mass is 330 g/mol. The maximum absolute atomic E-state index is 12.9. The topological polar surface area (TPSA) is 52.6 Å². The van der Waals surface area contributed by atoms with Crippen molar-refractivity contribution in [3.8, 4) is 0 Å². The van der Waals surface area contributed by atoms with Crippen LogP contribution < -0.4 is 5.32 Å². The summed E-state index contributed by atoms with van der Waals surface area (Å²) in [6.45, 7) is 0.933. The van der Waals surface area contributed by atoms with E-state index >= 15 is 0 Å². The standard InChI is InChI=1S/C16H21F3N2O2/c17-16(18,19)13-7-1-2-8-14(13)20-15(23)11-21-9-3-5-12(21)6-4-10-22/h1-2,7-8,12,22H,3-6,9-11H2,(H,20,23). The highest BCUT2D eigenvalue weighted by molar-refractivity contribution is 5.93. The van der Waals surface area contributed by atoms with E-state index in [2.05, 4.69) is 5.32 Å². The smallest absolute Gasteiger partial charge is 0.396 e. The summed E-state index contributed by atoms with van der Waals surface area (Å²) >= 11 is 0. The van der Waals surface area contributed by atoms with Crippen molar-refractivity contribution in [2.75, 3.05) is 25.0 Å². The van der Waals surface area contributed by atoms with Crippen LogP contribution in [0.2, 0.25) is 0 Å².